The summed E-state index contributed by atoms with van der Waals surface area (Å²) < 4.78 is 10.9. The van der Waals surface area contributed by atoms with Crippen LogP contribution in [0.4, 0.5) is 15.3 Å². The van der Waals surface area contributed by atoms with Crippen molar-refractivity contribution in [3.63, 3.8) is 0 Å². The molecule has 0 spiro atoms. The predicted octanol–water partition coefficient (Wildman–Crippen LogP) is 5.07. The number of ether oxygens (including phenoxy) is 2. The molecule has 1 saturated heterocycles. The maximum absolute atomic E-state index is 12.5. The lowest BCUT2D eigenvalue weighted by atomic mass is 9.98. The van der Waals surface area contributed by atoms with Crippen LogP contribution in [0, 0.1) is 5.92 Å². The highest BCUT2D eigenvalue weighted by Gasteiger charge is 2.27. The number of amides is 2. The third kappa shape index (κ3) is 7.71. The van der Waals surface area contributed by atoms with Gasteiger partial charge in [-0.05, 0) is 65.8 Å². The van der Waals surface area contributed by atoms with Gasteiger partial charge in [0.25, 0.3) is 0 Å². The number of likely N-dealkylation sites (tertiary alicyclic amines) is 1. The summed E-state index contributed by atoms with van der Waals surface area (Å²) in [5.74, 6) is 0.220. The van der Waals surface area contributed by atoms with Crippen LogP contribution in [-0.4, -0.2) is 66.4 Å². The maximum atomic E-state index is 12.5. The molecule has 1 N–H and O–H groups in total. The number of rotatable bonds is 6. The van der Waals surface area contributed by atoms with Crippen LogP contribution in [0.1, 0.15) is 39.3 Å². The number of benzene rings is 1. The van der Waals surface area contributed by atoms with Crippen molar-refractivity contribution >= 4 is 29.2 Å². The van der Waals surface area contributed by atoms with Crippen molar-refractivity contribution in [2.45, 2.75) is 45.8 Å². The molecular weight excluding hydrogens is 440 g/mol. The van der Waals surface area contributed by atoms with Gasteiger partial charge in [-0.2, -0.15) is 0 Å². The summed E-state index contributed by atoms with van der Waals surface area (Å²) in [5.41, 5.74) is 2.04. The van der Waals surface area contributed by atoms with Crippen LogP contribution in [-0.2, 0) is 16.0 Å². The molecule has 3 rings (SSSR count). The van der Waals surface area contributed by atoms with Gasteiger partial charge in [-0.1, -0.05) is 12.1 Å². The van der Waals surface area contributed by atoms with Crippen LogP contribution in [0.2, 0.25) is 0 Å². The number of thiazole rings is 1. The van der Waals surface area contributed by atoms with Crippen LogP contribution in [0.25, 0.3) is 10.6 Å². The number of hydrogen-bond donors (Lipinski definition) is 1. The van der Waals surface area contributed by atoms with Crippen LogP contribution >= 0.6 is 11.3 Å². The van der Waals surface area contributed by atoms with Crippen LogP contribution in [0.5, 0.6) is 0 Å². The lowest BCUT2D eigenvalue weighted by Gasteiger charge is -2.33. The molecule has 1 aliphatic rings. The zero-order valence-corrected chi connectivity index (χ0v) is 20.9. The van der Waals surface area contributed by atoms with Crippen LogP contribution in [0.3, 0.4) is 0 Å². The molecule has 180 valence electrons. The van der Waals surface area contributed by atoms with Gasteiger partial charge in [0.15, 0.2) is 0 Å². The minimum absolute atomic E-state index is 0.220. The van der Waals surface area contributed by atoms with Crippen LogP contribution < -0.4 is 5.32 Å². The molecule has 1 fully saturated rings. The summed E-state index contributed by atoms with van der Waals surface area (Å²) >= 11 is 1.56. The van der Waals surface area contributed by atoms with Gasteiger partial charge >= 0.3 is 12.2 Å². The first-order valence-corrected chi connectivity index (χ1v) is 12.1. The van der Waals surface area contributed by atoms with Crippen molar-refractivity contribution in [2.24, 2.45) is 5.92 Å². The lowest BCUT2D eigenvalue weighted by molar-refractivity contribution is 0.0153. The molecule has 0 aliphatic carbocycles. The van der Waals surface area contributed by atoms with Crippen LogP contribution in [0.15, 0.2) is 29.6 Å². The fraction of sp³-hybridized carbons (Fsp3) is 0.542. The molecule has 33 heavy (non-hydrogen) atoms. The SMILES string of the molecule is CN(C)Cc1csc(-c2ccccc2NC(=O)OCC2CCN(C(=O)OC(C)(C)C)CC2)n1. The minimum atomic E-state index is -0.502. The molecule has 1 aromatic carbocycles. The van der Waals surface area contributed by atoms with Crippen molar-refractivity contribution in [2.75, 3.05) is 39.1 Å². The molecule has 1 aromatic heterocycles. The molecule has 0 atom stereocenters. The second-order valence-electron chi connectivity index (χ2n) is 9.56. The number of carbonyl (C=O) groups is 2. The fourth-order valence-corrected chi connectivity index (χ4v) is 4.40. The monoisotopic (exact) mass is 474 g/mol. The Kier molecular flexibility index (Phi) is 8.31. The molecule has 2 amide bonds. The van der Waals surface area contributed by atoms with E-state index in [0.717, 1.165) is 35.7 Å². The number of hydrogen-bond acceptors (Lipinski definition) is 7. The van der Waals surface area contributed by atoms with E-state index in [1.54, 1.807) is 16.2 Å². The van der Waals surface area contributed by atoms with Gasteiger partial charge in [0.05, 0.1) is 18.0 Å². The van der Waals surface area contributed by atoms with Crippen molar-refractivity contribution in [1.29, 1.82) is 0 Å². The molecular formula is C24H34N4O4S. The van der Waals surface area contributed by atoms with Gasteiger partial charge in [0, 0.05) is 30.6 Å². The zero-order valence-electron chi connectivity index (χ0n) is 20.1. The summed E-state index contributed by atoms with van der Waals surface area (Å²) in [6, 6.07) is 7.60. The highest BCUT2D eigenvalue weighted by molar-refractivity contribution is 7.13. The van der Waals surface area contributed by atoms with Gasteiger partial charge in [0.1, 0.15) is 10.6 Å². The number of nitrogens with zero attached hydrogens (tertiary/aromatic N) is 3. The first kappa shape index (κ1) is 25.0. The Labute approximate surface area is 199 Å². The normalized spacial score (nSPS) is 14.9. The van der Waals surface area contributed by atoms with E-state index in [4.69, 9.17) is 14.5 Å². The molecule has 0 bridgehead atoms. The summed E-state index contributed by atoms with van der Waals surface area (Å²) in [7, 11) is 4.01. The molecule has 0 radical (unpaired) electrons. The van der Waals surface area contributed by atoms with Gasteiger partial charge in [0.2, 0.25) is 0 Å². The molecule has 2 aromatic rings. The maximum Gasteiger partial charge on any atom is 0.411 e. The Balaban J connectivity index is 1.49. The highest BCUT2D eigenvalue weighted by atomic mass is 32.1. The number of piperidine rings is 1. The number of para-hydroxylation sites is 1. The lowest BCUT2D eigenvalue weighted by Crippen LogP contribution is -2.42. The van der Waals surface area contributed by atoms with E-state index >= 15 is 0 Å². The van der Waals surface area contributed by atoms with Crippen molar-refractivity contribution in [3.05, 3.63) is 35.3 Å². The standard InChI is InChI=1S/C24H34N4O4S/c1-24(2,3)32-23(30)28-12-10-17(11-13-28)15-31-22(29)26-20-9-7-6-8-19(20)21-25-18(16-33-21)14-27(4)5/h6-9,16-17H,10-15H2,1-5H3,(H,26,29). The van der Waals surface area contributed by atoms with Gasteiger partial charge in [-0.3, -0.25) is 5.32 Å². The van der Waals surface area contributed by atoms with Crippen molar-refractivity contribution < 1.29 is 19.1 Å². The molecule has 2 heterocycles. The third-order valence-electron chi connectivity index (χ3n) is 5.14. The quantitative estimate of drug-likeness (QED) is 0.629. The fourth-order valence-electron chi connectivity index (χ4n) is 3.55. The minimum Gasteiger partial charge on any atom is -0.449 e. The van der Waals surface area contributed by atoms with Gasteiger partial charge in [-0.15, -0.1) is 11.3 Å². The Bertz CT molecular complexity index is 946. The van der Waals surface area contributed by atoms with Crippen molar-refractivity contribution in [1.82, 2.24) is 14.8 Å². The average molecular weight is 475 g/mol. The summed E-state index contributed by atoms with van der Waals surface area (Å²) in [5, 5.41) is 5.76. The first-order chi connectivity index (χ1) is 15.6. The zero-order chi connectivity index (χ0) is 24.0. The highest BCUT2D eigenvalue weighted by Crippen LogP contribution is 2.31. The summed E-state index contributed by atoms with van der Waals surface area (Å²) in [4.78, 5) is 33.2. The summed E-state index contributed by atoms with van der Waals surface area (Å²) in [6.45, 7) is 7.87. The largest absolute Gasteiger partial charge is 0.449 e. The molecule has 0 unspecified atom stereocenters. The topological polar surface area (TPSA) is 84.0 Å². The van der Waals surface area contributed by atoms with Crippen molar-refractivity contribution in [3.8, 4) is 10.6 Å². The Morgan fingerprint density at radius 1 is 1.21 bits per heavy atom. The second kappa shape index (κ2) is 11.0. The van der Waals surface area contributed by atoms with E-state index in [9.17, 15) is 9.59 Å². The average Bonchev–Trinajstić information content (AvgIpc) is 3.19. The molecule has 8 nitrogen and oxygen atoms in total. The summed E-state index contributed by atoms with van der Waals surface area (Å²) in [6.07, 6.45) is 0.780. The number of anilines is 1. The van der Waals surface area contributed by atoms with Gasteiger partial charge in [-0.25, -0.2) is 14.6 Å². The predicted molar refractivity (Wildman–Crippen MR) is 130 cm³/mol. The molecule has 0 saturated carbocycles. The Morgan fingerprint density at radius 3 is 2.58 bits per heavy atom. The Hall–Kier alpha value is -2.65. The van der Waals surface area contributed by atoms with E-state index in [1.807, 2.05) is 64.5 Å². The van der Waals surface area contributed by atoms with E-state index in [1.165, 1.54) is 0 Å². The van der Waals surface area contributed by atoms with E-state index in [0.29, 0.717) is 25.4 Å². The second-order valence-corrected chi connectivity index (χ2v) is 10.4. The van der Waals surface area contributed by atoms with Gasteiger partial charge < -0.3 is 19.3 Å². The number of nitrogens with one attached hydrogen (secondary N) is 1. The molecule has 9 heteroatoms. The first-order valence-electron chi connectivity index (χ1n) is 11.2. The third-order valence-corrected chi connectivity index (χ3v) is 6.06. The number of carbonyl (C=O) groups excluding carboxylic acids is 2. The number of aromatic nitrogens is 1. The van der Waals surface area contributed by atoms with E-state index < -0.39 is 11.7 Å². The van der Waals surface area contributed by atoms with E-state index in [-0.39, 0.29) is 12.0 Å². The molecule has 1 aliphatic heterocycles. The Morgan fingerprint density at radius 2 is 1.91 bits per heavy atom. The smallest absolute Gasteiger partial charge is 0.411 e. The van der Waals surface area contributed by atoms with E-state index in [2.05, 4.69) is 10.2 Å².